The normalized spacial score (nSPS) is 14.1. The number of aromatic nitrogens is 1. The first kappa shape index (κ1) is 14.8. The molecule has 110 valence electrons. The first-order chi connectivity index (χ1) is 9.76. The Morgan fingerprint density at radius 2 is 2.30 bits per heavy atom. The summed E-state index contributed by atoms with van der Waals surface area (Å²) < 4.78 is 5.09. The molecule has 0 unspecified atom stereocenters. The van der Waals surface area contributed by atoms with Gasteiger partial charge in [0.25, 0.3) is 5.91 Å². The van der Waals surface area contributed by atoms with Crippen LogP contribution in [0.2, 0.25) is 0 Å². The molecule has 0 atom stereocenters. The number of nitrogens with zero attached hydrogens (tertiary/aromatic N) is 2. The SMILES string of the molecule is CCCNc1cccc(C(=O)N(CCOC)C2CC2)n1. The number of anilines is 1. The van der Waals surface area contributed by atoms with E-state index in [1.165, 1.54) is 0 Å². The van der Waals surface area contributed by atoms with Gasteiger partial charge in [-0.05, 0) is 31.4 Å². The van der Waals surface area contributed by atoms with E-state index in [9.17, 15) is 4.79 Å². The molecule has 1 N–H and O–H groups in total. The number of nitrogens with one attached hydrogen (secondary N) is 1. The summed E-state index contributed by atoms with van der Waals surface area (Å²) in [5.74, 6) is 0.768. The third-order valence-corrected chi connectivity index (χ3v) is 3.31. The second-order valence-electron chi connectivity index (χ2n) is 5.06. The van der Waals surface area contributed by atoms with Crippen LogP contribution in [0.25, 0.3) is 0 Å². The highest BCUT2D eigenvalue weighted by Crippen LogP contribution is 2.27. The number of carbonyl (C=O) groups excluding carboxylic acids is 1. The highest BCUT2D eigenvalue weighted by atomic mass is 16.5. The molecule has 0 radical (unpaired) electrons. The smallest absolute Gasteiger partial charge is 0.272 e. The maximum Gasteiger partial charge on any atom is 0.272 e. The summed E-state index contributed by atoms with van der Waals surface area (Å²) in [5.41, 5.74) is 0.508. The molecule has 1 aliphatic rings. The van der Waals surface area contributed by atoms with E-state index in [2.05, 4.69) is 17.2 Å². The molecule has 5 nitrogen and oxygen atoms in total. The Morgan fingerprint density at radius 1 is 1.50 bits per heavy atom. The molecule has 1 aromatic heterocycles. The number of rotatable bonds is 8. The number of methoxy groups -OCH3 is 1. The molecule has 1 saturated carbocycles. The molecule has 0 spiro atoms. The van der Waals surface area contributed by atoms with E-state index in [0.717, 1.165) is 31.6 Å². The van der Waals surface area contributed by atoms with Gasteiger partial charge in [-0.2, -0.15) is 0 Å². The molecule has 20 heavy (non-hydrogen) atoms. The van der Waals surface area contributed by atoms with Crippen LogP contribution in [-0.2, 0) is 4.74 Å². The van der Waals surface area contributed by atoms with E-state index in [0.29, 0.717) is 24.9 Å². The standard InChI is InChI=1S/C15H23N3O2/c1-3-9-16-14-6-4-5-13(17-14)15(19)18(10-11-20-2)12-7-8-12/h4-6,12H,3,7-11H2,1-2H3,(H,16,17). The van der Waals surface area contributed by atoms with Crippen LogP contribution in [0.4, 0.5) is 5.82 Å². The van der Waals surface area contributed by atoms with E-state index in [1.807, 2.05) is 17.0 Å². The van der Waals surface area contributed by atoms with Gasteiger partial charge >= 0.3 is 0 Å². The number of amides is 1. The number of pyridine rings is 1. The van der Waals surface area contributed by atoms with Gasteiger partial charge in [0.1, 0.15) is 11.5 Å². The highest BCUT2D eigenvalue weighted by molar-refractivity contribution is 5.93. The molecule has 1 aliphatic carbocycles. The molecule has 5 heteroatoms. The molecule has 1 heterocycles. The van der Waals surface area contributed by atoms with Gasteiger partial charge in [0.2, 0.25) is 0 Å². The van der Waals surface area contributed by atoms with Crippen molar-refractivity contribution >= 4 is 11.7 Å². The van der Waals surface area contributed by atoms with E-state index >= 15 is 0 Å². The minimum atomic E-state index is 0.00435. The van der Waals surface area contributed by atoms with E-state index in [-0.39, 0.29) is 5.91 Å². The lowest BCUT2D eigenvalue weighted by Gasteiger charge is -2.21. The van der Waals surface area contributed by atoms with E-state index in [1.54, 1.807) is 13.2 Å². The molecule has 1 amide bonds. The molecule has 0 bridgehead atoms. The molecular weight excluding hydrogens is 254 g/mol. The fraction of sp³-hybridized carbons (Fsp3) is 0.600. The zero-order valence-corrected chi connectivity index (χ0v) is 12.3. The summed E-state index contributed by atoms with van der Waals surface area (Å²) in [6.45, 7) is 4.16. The van der Waals surface area contributed by atoms with E-state index < -0.39 is 0 Å². The Labute approximate surface area is 120 Å². The zero-order valence-electron chi connectivity index (χ0n) is 12.3. The third-order valence-electron chi connectivity index (χ3n) is 3.31. The lowest BCUT2D eigenvalue weighted by atomic mass is 10.3. The summed E-state index contributed by atoms with van der Waals surface area (Å²) in [6, 6.07) is 5.91. The predicted octanol–water partition coefficient (Wildman–Crippen LogP) is 2.15. The van der Waals surface area contributed by atoms with Gasteiger partial charge < -0.3 is 15.0 Å². The number of carbonyl (C=O) groups is 1. The maximum atomic E-state index is 12.5. The highest BCUT2D eigenvalue weighted by Gasteiger charge is 2.33. The Morgan fingerprint density at radius 3 is 2.95 bits per heavy atom. The minimum Gasteiger partial charge on any atom is -0.383 e. The van der Waals surface area contributed by atoms with Crippen molar-refractivity contribution in [1.82, 2.24) is 9.88 Å². The summed E-state index contributed by atoms with van der Waals surface area (Å²) in [7, 11) is 1.66. The first-order valence-electron chi connectivity index (χ1n) is 7.27. The average molecular weight is 277 g/mol. The molecular formula is C15H23N3O2. The van der Waals surface area contributed by atoms with Crippen LogP contribution in [0.5, 0.6) is 0 Å². The van der Waals surface area contributed by atoms with Crippen molar-refractivity contribution in [2.24, 2.45) is 0 Å². The molecule has 2 rings (SSSR count). The number of hydrogen-bond acceptors (Lipinski definition) is 4. The topological polar surface area (TPSA) is 54.5 Å². The lowest BCUT2D eigenvalue weighted by molar-refractivity contribution is 0.0674. The Balaban J connectivity index is 2.05. The summed E-state index contributed by atoms with van der Waals surface area (Å²) in [5, 5.41) is 3.21. The van der Waals surface area contributed by atoms with Crippen molar-refractivity contribution in [3.8, 4) is 0 Å². The lowest BCUT2D eigenvalue weighted by Crippen LogP contribution is -2.36. The Bertz CT molecular complexity index is 446. The second-order valence-corrected chi connectivity index (χ2v) is 5.06. The van der Waals surface area contributed by atoms with Gasteiger partial charge in [0.05, 0.1) is 6.61 Å². The fourth-order valence-electron chi connectivity index (χ4n) is 2.08. The Hall–Kier alpha value is -1.62. The second kappa shape index (κ2) is 7.24. The monoisotopic (exact) mass is 277 g/mol. The van der Waals surface area contributed by atoms with Gasteiger partial charge in [-0.15, -0.1) is 0 Å². The number of hydrogen-bond donors (Lipinski definition) is 1. The maximum absolute atomic E-state index is 12.5. The van der Waals surface area contributed by atoms with E-state index in [4.69, 9.17) is 4.74 Å². The summed E-state index contributed by atoms with van der Waals surface area (Å²) >= 11 is 0. The van der Waals surface area contributed by atoms with Crippen molar-refractivity contribution < 1.29 is 9.53 Å². The number of ether oxygens (including phenoxy) is 1. The van der Waals surface area contributed by atoms with Crippen molar-refractivity contribution in [3.63, 3.8) is 0 Å². The predicted molar refractivity (Wildman–Crippen MR) is 79.0 cm³/mol. The Kier molecular flexibility index (Phi) is 5.35. The van der Waals surface area contributed by atoms with Crippen molar-refractivity contribution in [2.45, 2.75) is 32.2 Å². The molecule has 0 saturated heterocycles. The van der Waals surface area contributed by atoms with Crippen LogP contribution in [0.15, 0.2) is 18.2 Å². The third kappa shape index (κ3) is 3.93. The first-order valence-corrected chi connectivity index (χ1v) is 7.27. The molecule has 1 aromatic rings. The van der Waals surface area contributed by atoms with Crippen molar-refractivity contribution in [3.05, 3.63) is 23.9 Å². The van der Waals surface area contributed by atoms with Crippen LogP contribution in [-0.4, -0.2) is 48.6 Å². The van der Waals surface area contributed by atoms with Gasteiger partial charge in [0, 0.05) is 26.2 Å². The molecule has 1 fully saturated rings. The van der Waals surface area contributed by atoms with Gasteiger partial charge in [-0.25, -0.2) is 4.98 Å². The largest absolute Gasteiger partial charge is 0.383 e. The average Bonchev–Trinajstić information content (AvgIpc) is 3.30. The van der Waals surface area contributed by atoms with Crippen LogP contribution in [0.1, 0.15) is 36.7 Å². The van der Waals surface area contributed by atoms with Crippen LogP contribution < -0.4 is 5.32 Å². The summed E-state index contributed by atoms with van der Waals surface area (Å²) in [4.78, 5) is 18.8. The van der Waals surface area contributed by atoms with Crippen LogP contribution >= 0.6 is 0 Å². The van der Waals surface area contributed by atoms with Gasteiger partial charge in [0.15, 0.2) is 0 Å². The minimum absolute atomic E-state index is 0.00435. The van der Waals surface area contributed by atoms with Crippen LogP contribution in [0, 0.1) is 0 Å². The van der Waals surface area contributed by atoms with Gasteiger partial charge in [-0.3, -0.25) is 4.79 Å². The molecule has 0 aromatic carbocycles. The van der Waals surface area contributed by atoms with Crippen LogP contribution in [0.3, 0.4) is 0 Å². The molecule has 0 aliphatic heterocycles. The van der Waals surface area contributed by atoms with Gasteiger partial charge in [-0.1, -0.05) is 13.0 Å². The van der Waals surface area contributed by atoms with Crippen molar-refractivity contribution in [2.75, 3.05) is 32.1 Å². The zero-order chi connectivity index (χ0) is 14.4. The quantitative estimate of drug-likeness (QED) is 0.791. The fourth-order valence-corrected chi connectivity index (χ4v) is 2.08. The van der Waals surface area contributed by atoms with Crippen molar-refractivity contribution in [1.29, 1.82) is 0 Å². The summed E-state index contributed by atoms with van der Waals surface area (Å²) in [6.07, 6.45) is 3.20.